The second-order valence-corrected chi connectivity index (χ2v) is 20.4. The van der Waals surface area contributed by atoms with Crippen molar-refractivity contribution in [1.29, 1.82) is 0 Å². The Labute approximate surface area is 425 Å². The lowest BCUT2D eigenvalue weighted by Crippen LogP contribution is -2.45. The van der Waals surface area contributed by atoms with Crippen LogP contribution in [-0.2, 0) is 4.79 Å². The first kappa shape index (κ1) is 65.8. The minimum Gasteiger partial charge on any atom is -0.394 e. The number of aliphatic hydroxyl groups excluding tert-OH is 2. The highest BCUT2D eigenvalue weighted by Crippen LogP contribution is 2.17. The standard InChI is InChI=1S/C64H117NO3/c1-3-5-7-9-11-13-15-17-19-21-22-23-24-25-26-27-28-29-30-31-32-33-34-35-36-37-38-39-40-41-42-44-46-48-50-52-54-56-58-60-64(68)65-62(61-66)63(67)59-57-55-53-51-49-47-45-43-20-18-16-14-12-10-8-6-4-2/h5,7,11,13,17,19,22-23,25-26,57,59,62-63,66-67H,3-4,6,8-10,12,14-16,18,20-21,24,27-56,58,60-61H2,1-2H3,(H,65,68)/b7-5-,13-11-,19-17-,23-22-,26-25-,59-57+. The minimum absolute atomic E-state index is 0.0598. The molecule has 0 spiro atoms. The lowest BCUT2D eigenvalue weighted by atomic mass is 10.0. The van der Waals surface area contributed by atoms with Gasteiger partial charge in [-0.1, -0.05) is 311 Å². The zero-order valence-corrected chi connectivity index (χ0v) is 45.6. The molecule has 4 nitrogen and oxygen atoms in total. The number of nitrogens with one attached hydrogen (secondary N) is 1. The smallest absolute Gasteiger partial charge is 0.220 e. The van der Waals surface area contributed by atoms with Gasteiger partial charge in [0.15, 0.2) is 0 Å². The van der Waals surface area contributed by atoms with Gasteiger partial charge in [0.2, 0.25) is 5.91 Å². The molecule has 2 atom stereocenters. The number of allylic oxidation sites excluding steroid dienone is 11. The van der Waals surface area contributed by atoms with E-state index in [9.17, 15) is 15.0 Å². The molecule has 0 aromatic carbocycles. The summed E-state index contributed by atoms with van der Waals surface area (Å²) in [6, 6.07) is -0.622. The summed E-state index contributed by atoms with van der Waals surface area (Å²) in [6.45, 7) is 4.21. The summed E-state index contributed by atoms with van der Waals surface area (Å²) in [5.74, 6) is -0.0598. The molecule has 4 heteroatoms. The molecule has 0 saturated heterocycles. The fraction of sp³-hybridized carbons (Fsp3) is 0.797. The Morgan fingerprint density at radius 1 is 0.368 bits per heavy atom. The number of rotatable bonds is 55. The highest BCUT2D eigenvalue weighted by molar-refractivity contribution is 5.76. The van der Waals surface area contributed by atoms with Gasteiger partial charge in [0.1, 0.15) is 0 Å². The van der Waals surface area contributed by atoms with Crippen molar-refractivity contribution in [3.8, 4) is 0 Å². The van der Waals surface area contributed by atoms with E-state index < -0.39 is 12.1 Å². The van der Waals surface area contributed by atoms with Crippen LogP contribution in [0.5, 0.6) is 0 Å². The molecule has 3 N–H and O–H groups in total. The van der Waals surface area contributed by atoms with Crippen LogP contribution in [-0.4, -0.2) is 34.9 Å². The summed E-state index contributed by atoms with van der Waals surface area (Å²) in [4.78, 5) is 12.5. The molecule has 396 valence electrons. The van der Waals surface area contributed by atoms with Crippen LogP contribution in [0.15, 0.2) is 72.9 Å². The summed E-state index contributed by atoms with van der Waals surface area (Å²) in [7, 11) is 0. The summed E-state index contributed by atoms with van der Waals surface area (Å²) in [5, 5.41) is 23.2. The maximum Gasteiger partial charge on any atom is 0.220 e. The lowest BCUT2D eigenvalue weighted by Gasteiger charge is -2.20. The first-order valence-corrected chi connectivity index (χ1v) is 30.2. The maximum absolute atomic E-state index is 12.5. The number of amides is 1. The average molecular weight is 949 g/mol. The number of carbonyl (C=O) groups is 1. The molecule has 0 saturated carbocycles. The zero-order chi connectivity index (χ0) is 49.2. The molecule has 0 aliphatic rings. The fourth-order valence-electron chi connectivity index (χ4n) is 9.15. The Morgan fingerprint density at radius 3 is 0.971 bits per heavy atom. The van der Waals surface area contributed by atoms with Gasteiger partial charge < -0.3 is 15.5 Å². The molecule has 0 fully saturated rings. The van der Waals surface area contributed by atoms with Gasteiger partial charge >= 0.3 is 0 Å². The second kappa shape index (κ2) is 59.1. The summed E-state index contributed by atoms with van der Waals surface area (Å²) in [6.07, 6.45) is 85.2. The molecule has 0 aromatic rings. The number of hydrogen-bond donors (Lipinski definition) is 3. The molecule has 0 bridgehead atoms. The van der Waals surface area contributed by atoms with Crippen molar-refractivity contribution >= 4 is 5.91 Å². The predicted molar refractivity (Wildman–Crippen MR) is 304 cm³/mol. The first-order chi connectivity index (χ1) is 33.7. The third-order valence-electron chi connectivity index (χ3n) is 13.7. The van der Waals surface area contributed by atoms with Gasteiger partial charge in [-0.25, -0.2) is 0 Å². The number of aliphatic hydroxyl groups is 2. The van der Waals surface area contributed by atoms with Gasteiger partial charge in [-0.2, -0.15) is 0 Å². The zero-order valence-electron chi connectivity index (χ0n) is 45.6. The second-order valence-electron chi connectivity index (χ2n) is 20.4. The van der Waals surface area contributed by atoms with Crippen LogP contribution in [0.4, 0.5) is 0 Å². The summed E-state index contributed by atoms with van der Waals surface area (Å²) >= 11 is 0. The number of unbranched alkanes of at least 4 members (excludes halogenated alkanes) is 38. The van der Waals surface area contributed by atoms with E-state index in [1.165, 1.54) is 231 Å². The molecule has 0 aromatic heterocycles. The van der Waals surface area contributed by atoms with Crippen LogP contribution in [0.3, 0.4) is 0 Å². The lowest BCUT2D eigenvalue weighted by molar-refractivity contribution is -0.123. The van der Waals surface area contributed by atoms with Crippen molar-refractivity contribution in [2.45, 2.75) is 321 Å². The van der Waals surface area contributed by atoms with E-state index in [0.717, 1.165) is 57.8 Å². The largest absolute Gasteiger partial charge is 0.394 e. The minimum atomic E-state index is -0.839. The first-order valence-electron chi connectivity index (χ1n) is 30.2. The Hall–Kier alpha value is -2.17. The van der Waals surface area contributed by atoms with Crippen molar-refractivity contribution < 1.29 is 15.0 Å². The molecule has 2 unspecified atom stereocenters. The van der Waals surface area contributed by atoms with E-state index >= 15 is 0 Å². The van der Waals surface area contributed by atoms with E-state index in [0.29, 0.717) is 6.42 Å². The number of hydrogen-bond acceptors (Lipinski definition) is 3. The topological polar surface area (TPSA) is 69.6 Å². The Balaban J connectivity index is 3.43. The van der Waals surface area contributed by atoms with Gasteiger partial charge in [-0.3, -0.25) is 4.79 Å². The normalized spacial score (nSPS) is 13.3. The monoisotopic (exact) mass is 948 g/mol. The fourth-order valence-corrected chi connectivity index (χ4v) is 9.15. The van der Waals surface area contributed by atoms with Crippen molar-refractivity contribution in [1.82, 2.24) is 5.32 Å². The molecule has 0 aliphatic carbocycles. The van der Waals surface area contributed by atoms with Crippen molar-refractivity contribution in [3.63, 3.8) is 0 Å². The van der Waals surface area contributed by atoms with Crippen LogP contribution < -0.4 is 5.32 Å². The van der Waals surface area contributed by atoms with Gasteiger partial charge in [-0.05, 0) is 64.2 Å². The molecular formula is C64H117NO3. The molecule has 0 radical (unpaired) electrons. The SMILES string of the molecule is CC/C=C\C/C=C\C/C=C\C/C=C\C/C=C\CCCCCCCCCCCCCCCCCCCCCCCCCC(=O)NC(CO)C(O)/C=C/CCCCCCCCCCCCCCCCC. The van der Waals surface area contributed by atoms with Gasteiger partial charge in [0.25, 0.3) is 0 Å². The van der Waals surface area contributed by atoms with E-state index in [2.05, 4.69) is 79.9 Å². The third kappa shape index (κ3) is 54.8. The van der Waals surface area contributed by atoms with Crippen LogP contribution in [0, 0.1) is 0 Å². The predicted octanol–water partition coefficient (Wildman–Crippen LogP) is 20.1. The Morgan fingerprint density at radius 2 is 0.647 bits per heavy atom. The van der Waals surface area contributed by atoms with E-state index in [1.54, 1.807) is 6.08 Å². The molecule has 0 rings (SSSR count). The maximum atomic E-state index is 12.5. The summed E-state index contributed by atoms with van der Waals surface area (Å²) < 4.78 is 0. The third-order valence-corrected chi connectivity index (χ3v) is 13.7. The molecular weight excluding hydrogens is 831 g/mol. The molecule has 0 heterocycles. The van der Waals surface area contributed by atoms with Crippen molar-refractivity contribution in [2.24, 2.45) is 0 Å². The number of carbonyl (C=O) groups excluding carboxylic acids is 1. The van der Waals surface area contributed by atoms with Gasteiger partial charge in [-0.15, -0.1) is 0 Å². The molecule has 1 amide bonds. The quantitative estimate of drug-likeness (QED) is 0.0420. The van der Waals surface area contributed by atoms with Crippen LogP contribution in [0.2, 0.25) is 0 Å². The van der Waals surface area contributed by atoms with Crippen LogP contribution in [0.1, 0.15) is 309 Å². The van der Waals surface area contributed by atoms with E-state index in [4.69, 9.17) is 0 Å². The molecule has 68 heavy (non-hydrogen) atoms. The van der Waals surface area contributed by atoms with E-state index in [1.807, 2.05) is 6.08 Å². The van der Waals surface area contributed by atoms with Gasteiger partial charge in [0, 0.05) is 6.42 Å². The highest BCUT2D eigenvalue weighted by Gasteiger charge is 2.18. The Kier molecular flexibility index (Phi) is 57.3. The van der Waals surface area contributed by atoms with Crippen molar-refractivity contribution in [2.75, 3.05) is 6.61 Å². The average Bonchev–Trinajstić information content (AvgIpc) is 3.34. The molecule has 0 aliphatic heterocycles. The van der Waals surface area contributed by atoms with Crippen molar-refractivity contribution in [3.05, 3.63) is 72.9 Å². The van der Waals surface area contributed by atoms with Crippen LogP contribution in [0.25, 0.3) is 0 Å². The van der Waals surface area contributed by atoms with Crippen LogP contribution >= 0.6 is 0 Å². The van der Waals surface area contributed by atoms with E-state index in [-0.39, 0.29) is 12.5 Å². The summed E-state index contributed by atoms with van der Waals surface area (Å²) in [5.41, 5.74) is 0. The Bertz CT molecular complexity index is 1170. The van der Waals surface area contributed by atoms with Gasteiger partial charge in [0.05, 0.1) is 18.8 Å². The highest BCUT2D eigenvalue weighted by atomic mass is 16.3.